The number of fused-ring (bicyclic) bond motifs is 1. The number of carbonyl (C=O) groups is 1. The highest BCUT2D eigenvalue weighted by Gasteiger charge is 2.26. The molecule has 1 saturated carbocycles. The zero-order valence-electron chi connectivity index (χ0n) is 10.7. The molecule has 1 aliphatic carbocycles. The van der Waals surface area contributed by atoms with E-state index < -0.39 is 0 Å². The van der Waals surface area contributed by atoms with Gasteiger partial charge in [0, 0.05) is 11.5 Å². The van der Waals surface area contributed by atoms with Crippen LogP contribution in [0.15, 0.2) is 12.1 Å². The fourth-order valence-corrected chi connectivity index (χ4v) is 2.86. The van der Waals surface area contributed by atoms with E-state index in [0.29, 0.717) is 19.0 Å². The minimum atomic E-state index is 0.214. The average Bonchev–Trinajstić information content (AvgIpc) is 2.91. The van der Waals surface area contributed by atoms with Crippen LogP contribution in [0.25, 0.3) is 0 Å². The topological polar surface area (TPSA) is 35.5 Å². The molecular weight excluding hydrogens is 228 g/mol. The van der Waals surface area contributed by atoms with Crippen LogP contribution in [-0.4, -0.2) is 19.0 Å². The first-order valence-corrected chi connectivity index (χ1v) is 6.70. The Labute approximate surface area is 107 Å². The van der Waals surface area contributed by atoms with Crippen molar-refractivity contribution in [1.82, 2.24) is 0 Å². The van der Waals surface area contributed by atoms with Gasteiger partial charge < -0.3 is 9.47 Å². The lowest BCUT2D eigenvalue weighted by Crippen LogP contribution is -2.18. The molecule has 1 fully saturated rings. The summed E-state index contributed by atoms with van der Waals surface area (Å²) in [5, 5.41) is 0. The van der Waals surface area contributed by atoms with Gasteiger partial charge in [-0.2, -0.15) is 0 Å². The van der Waals surface area contributed by atoms with E-state index in [-0.39, 0.29) is 11.7 Å². The van der Waals surface area contributed by atoms with Crippen molar-refractivity contribution < 1.29 is 14.3 Å². The summed E-state index contributed by atoms with van der Waals surface area (Å²) in [6, 6.07) is 3.79. The lowest BCUT2D eigenvalue weighted by Gasteiger charge is -2.20. The zero-order valence-corrected chi connectivity index (χ0v) is 10.7. The third-order valence-corrected chi connectivity index (χ3v) is 3.88. The number of carbonyl (C=O) groups excluding carboxylic acids is 1. The summed E-state index contributed by atoms with van der Waals surface area (Å²) in [5.41, 5.74) is 1.81. The highest BCUT2D eigenvalue weighted by molar-refractivity contribution is 6.00. The van der Waals surface area contributed by atoms with E-state index in [4.69, 9.17) is 9.47 Å². The van der Waals surface area contributed by atoms with Crippen LogP contribution < -0.4 is 9.47 Å². The quantitative estimate of drug-likeness (QED) is 0.752. The number of ketones is 1. The van der Waals surface area contributed by atoms with Crippen molar-refractivity contribution in [3.05, 3.63) is 23.3 Å². The number of aryl methyl sites for hydroxylation is 1. The van der Waals surface area contributed by atoms with E-state index in [1.165, 1.54) is 12.8 Å². The Morgan fingerprint density at radius 2 is 1.72 bits per heavy atom. The molecule has 0 spiro atoms. The van der Waals surface area contributed by atoms with E-state index in [1.807, 2.05) is 19.1 Å². The van der Waals surface area contributed by atoms with Gasteiger partial charge >= 0.3 is 0 Å². The van der Waals surface area contributed by atoms with E-state index in [0.717, 1.165) is 29.7 Å². The normalized spacial score (nSPS) is 18.9. The number of hydrogen-bond acceptors (Lipinski definition) is 3. The highest BCUT2D eigenvalue weighted by atomic mass is 16.6. The molecule has 2 aliphatic rings. The van der Waals surface area contributed by atoms with Crippen molar-refractivity contribution in [3.63, 3.8) is 0 Å². The molecule has 0 amide bonds. The van der Waals surface area contributed by atoms with Gasteiger partial charge in [-0.3, -0.25) is 4.79 Å². The monoisotopic (exact) mass is 246 g/mol. The Morgan fingerprint density at radius 3 is 2.39 bits per heavy atom. The third-order valence-electron chi connectivity index (χ3n) is 3.88. The van der Waals surface area contributed by atoms with Crippen LogP contribution in [0, 0.1) is 12.8 Å². The fourth-order valence-electron chi connectivity index (χ4n) is 2.86. The summed E-state index contributed by atoms with van der Waals surface area (Å²) in [6.07, 6.45) is 4.43. The van der Waals surface area contributed by atoms with Crippen LogP contribution >= 0.6 is 0 Å². The Morgan fingerprint density at radius 1 is 1.11 bits per heavy atom. The molecule has 1 heterocycles. The van der Waals surface area contributed by atoms with Gasteiger partial charge in [-0.05, 0) is 37.5 Å². The number of ether oxygens (including phenoxy) is 2. The maximum atomic E-state index is 12.5. The number of Topliss-reactive ketones (excluding diaryl/α,β-unsaturated/α-hetero) is 1. The van der Waals surface area contributed by atoms with E-state index in [9.17, 15) is 4.79 Å². The van der Waals surface area contributed by atoms with E-state index >= 15 is 0 Å². The van der Waals surface area contributed by atoms with Crippen LogP contribution in [0.4, 0.5) is 0 Å². The molecule has 0 unspecified atom stereocenters. The second kappa shape index (κ2) is 4.63. The number of hydrogen-bond donors (Lipinski definition) is 0. The van der Waals surface area contributed by atoms with Crippen molar-refractivity contribution in [2.24, 2.45) is 5.92 Å². The summed E-state index contributed by atoms with van der Waals surface area (Å²) in [7, 11) is 0. The minimum Gasteiger partial charge on any atom is -0.486 e. The molecule has 3 rings (SSSR count). The zero-order chi connectivity index (χ0) is 12.5. The molecule has 96 valence electrons. The molecule has 0 bridgehead atoms. The van der Waals surface area contributed by atoms with Gasteiger partial charge in [0.1, 0.15) is 13.2 Å². The Kier molecular flexibility index (Phi) is 2.98. The van der Waals surface area contributed by atoms with Crippen molar-refractivity contribution in [3.8, 4) is 11.5 Å². The molecule has 3 nitrogen and oxygen atoms in total. The average molecular weight is 246 g/mol. The SMILES string of the molecule is Cc1cc2c(cc1C(=O)C1CCCC1)OCCO2. The van der Waals surface area contributed by atoms with Crippen molar-refractivity contribution >= 4 is 5.78 Å². The number of rotatable bonds is 2. The highest BCUT2D eigenvalue weighted by Crippen LogP contribution is 2.36. The van der Waals surface area contributed by atoms with Gasteiger partial charge in [0.2, 0.25) is 0 Å². The van der Waals surface area contributed by atoms with E-state index in [1.54, 1.807) is 0 Å². The fraction of sp³-hybridized carbons (Fsp3) is 0.533. The summed E-state index contributed by atoms with van der Waals surface area (Å²) in [5.74, 6) is 1.98. The second-order valence-corrected chi connectivity index (χ2v) is 5.16. The smallest absolute Gasteiger partial charge is 0.166 e. The molecule has 0 N–H and O–H groups in total. The maximum Gasteiger partial charge on any atom is 0.166 e. The minimum absolute atomic E-state index is 0.214. The molecule has 1 aliphatic heterocycles. The molecule has 0 atom stereocenters. The van der Waals surface area contributed by atoms with Crippen molar-refractivity contribution in [2.45, 2.75) is 32.6 Å². The predicted octanol–water partition coefficient (Wildman–Crippen LogP) is 3.14. The number of benzene rings is 1. The van der Waals surface area contributed by atoms with E-state index in [2.05, 4.69) is 0 Å². The lowest BCUT2D eigenvalue weighted by atomic mass is 9.93. The van der Waals surface area contributed by atoms with Gasteiger partial charge in [0.25, 0.3) is 0 Å². The Bertz CT molecular complexity index is 473. The summed E-state index contributed by atoms with van der Waals surface area (Å²) in [4.78, 5) is 12.5. The van der Waals surface area contributed by atoms with Gasteiger partial charge in [-0.15, -0.1) is 0 Å². The molecule has 0 radical (unpaired) electrons. The van der Waals surface area contributed by atoms with Crippen molar-refractivity contribution in [2.75, 3.05) is 13.2 Å². The van der Waals surface area contributed by atoms with Crippen LogP contribution in [-0.2, 0) is 0 Å². The van der Waals surface area contributed by atoms with Crippen LogP contribution in [0.5, 0.6) is 11.5 Å². The van der Waals surface area contributed by atoms with Crippen LogP contribution in [0.3, 0.4) is 0 Å². The summed E-state index contributed by atoms with van der Waals surface area (Å²) in [6.45, 7) is 3.12. The van der Waals surface area contributed by atoms with Gasteiger partial charge in [-0.25, -0.2) is 0 Å². The van der Waals surface area contributed by atoms with Crippen molar-refractivity contribution in [1.29, 1.82) is 0 Å². The Balaban J connectivity index is 1.93. The van der Waals surface area contributed by atoms with Gasteiger partial charge in [0.15, 0.2) is 17.3 Å². The third kappa shape index (κ3) is 1.98. The first kappa shape index (κ1) is 11.6. The first-order chi connectivity index (χ1) is 8.75. The molecular formula is C15H18O3. The summed E-state index contributed by atoms with van der Waals surface area (Å²) >= 11 is 0. The first-order valence-electron chi connectivity index (χ1n) is 6.70. The molecule has 0 saturated heterocycles. The Hall–Kier alpha value is -1.51. The van der Waals surface area contributed by atoms with Crippen LogP contribution in [0.2, 0.25) is 0 Å². The summed E-state index contributed by atoms with van der Waals surface area (Å²) < 4.78 is 11.1. The molecule has 3 heteroatoms. The second-order valence-electron chi connectivity index (χ2n) is 5.16. The standard InChI is InChI=1S/C15H18O3/c1-10-8-13-14(18-7-6-17-13)9-12(10)15(16)11-4-2-3-5-11/h8-9,11H,2-7H2,1H3. The maximum absolute atomic E-state index is 12.5. The van der Waals surface area contributed by atoms with Crippen LogP contribution in [0.1, 0.15) is 41.6 Å². The molecule has 1 aromatic rings. The molecule has 1 aromatic carbocycles. The molecule has 0 aromatic heterocycles. The largest absolute Gasteiger partial charge is 0.486 e. The van der Waals surface area contributed by atoms with Gasteiger partial charge in [-0.1, -0.05) is 12.8 Å². The predicted molar refractivity (Wildman–Crippen MR) is 68.5 cm³/mol. The van der Waals surface area contributed by atoms with Gasteiger partial charge in [0.05, 0.1) is 0 Å². The lowest BCUT2D eigenvalue weighted by molar-refractivity contribution is 0.0921. The molecule has 18 heavy (non-hydrogen) atoms.